The maximum Gasteiger partial charge on any atom is 0.387 e. The first-order chi connectivity index (χ1) is 14.0. The summed E-state index contributed by atoms with van der Waals surface area (Å²) in [5.74, 6) is 0.761. The van der Waals surface area contributed by atoms with Crippen LogP contribution in [0.2, 0.25) is 0 Å². The lowest BCUT2D eigenvalue weighted by molar-refractivity contribution is -0.0495. The topological polar surface area (TPSA) is 66.7 Å². The van der Waals surface area contributed by atoms with Gasteiger partial charge in [0.2, 0.25) is 0 Å². The third-order valence-corrected chi connectivity index (χ3v) is 4.55. The number of ether oxygens (including phenoxy) is 1. The highest BCUT2D eigenvalue weighted by Gasteiger charge is 2.26. The van der Waals surface area contributed by atoms with Crippen molar-refractivity contribution in [1.82, 2.24) is 20.2 Å². The number of hydrogen-bond donors (Lipinski definition) is 2. The van der Waals surface area contributed by atoms with Gasteiger partial charge in [0.05, 0.1) is 12.2 Å². The zero-order chi connectivity index (χ0) is 20.8. The minimum atomic E-state index is -2.89. The Morgan fingerprint density at radius 3 is 2.77 bits per heavy atom. The van der Waals surface area contributed by atoms with Crippen molar-refractivity contribution in [3.05, 3.63) is 42.5 Å². The lowest BCUT2D eigenvalue weighted by Gasteiger charge is -2.22. The number of halogens is 5. The molecule has 7 nitrogen and oxygen atoms in total. The molecule has 1 aromatic carbocycles. The van der Waals surface area contributed by atoms with Crippen molar-refractivity contribution in [2.45, 2.75) is 32.2 Å². The average Bonchev–Trinajstić information content (AvgIpc) is 3.34. The molecule has 1 fully saturated rings. The molecule has 1 atom stereocenters. The summed E-state index contributed by atoms with van der Waals surface area (Å²) in [4.78, 5) is 9.97. The molecule has 1 unspecified atom stereocenters. The van der Waals surface area contributed by atoms with Crippen LogP contribution in [0.25, 0.3) is 0 Å². The minimum Gasteiger partial charge on any atom is -0.433 e. The van der Waals surface area contributed by atoms with E-state index in [1.165, 1.54) is 18.5 Å². The van der Waals surface area contributed by atoms with Crippen LogP contribution in [0.1, 0.15) is 18.8 Å². The van der Waals surface area contributed by atoms with Crippen LogP contribution in [-0.4, -0.2) is 48.3 Å². The van der Waals surface area contributed by atoms with E-state index in [1.54, 1.807) is 25.2 Å². The van der Waals surface area contributed by atoms with Crippen LogP contribution in [0, 0.1) is 0 Å². The zero-order valence-electron chi connectivity index (χ0n) is 16.1. The summed E-state index contributed by atoms with van der Waals surface area (Å²) in [5.41, 5.74) is 0.596. The lowest BCUT2D eigenvalue weighted by Crippen LogP contribution is -2.44. The molecule has 2 N–H and O–H groups in total. The molecule has 1 aliphatic heterocycles. The Kier molecular flexibility index (Phi) is 8.99. The average molecular weight is 542 g/mol. The minimum absolute atomic E-state index is 0. The van der Waals surface area contributed by atoms with E-state index in [4.69, 9.17) is 0 Å². The molecule has 1 aromatic heterocycles. The molecular formula is C18H23F4IN6O. The van der Waals surface area contributed by atoms with E-state index in [9.17, 15) is 17.6 Å². The smallest absolute Gasteiger partial charge is 0.387 e. The van der Waals surface area contributed by atoms with Gasteiger partial charge in [0.1, 0.15) is 11.6 Å². The summed E-state index contributed by atoms with van der Waals surface area (Å²) in [7, 11) is 1.58. The van der Waals surface area contributed by atoms with Crippen LogP contribution in [0.15, 0.2) is 41.7 Å². The summed E-state index contributed by atoms with van der Waals surface area (Å²) in [6.07, 6.45) is 3.27. The summed E-state index contributed by atoms with van der Waals surface area (Å²) >= 11 is 0. The van der Waals surface area contributed by atoms with Crippen molar-refractivity contribution in [3.8, 4) is 5.75 Å². The Labute approximate surface area is 188 Å². The van der Waals surface area contributed by atoms with Crippen molar-refractivity contribution in [1.29, 1.82) is 0 Å². The Morgan fingerprint density at radius 2 is 2.07 bits per heavy atom. The Hall–Kier alpha value is -2.25. The number of aromatic nitrogens is 2. The highest BCUT2D eigenvalue weighted by molar-refractivity contribution is 14.0. The van der Waals surface area contributed by atoms with E-state index in [0.29, 0.717) is 24.7 Å². The molecule has 30 heavy (non-hydrogen) atoms. The number of para-hydroxylation sites is 2. The van der Waals surface area contributed by atoms with Crippen LogP contribution in [0.3, 0.4) is 0 Å². The Balaban J connectivity index is 0.00000320. The number of alkyl halides is 4. The van der Waals surface area contributed by atoms with Gasteiger partial charge in [0.15, 0.2) is 5.96 Å². The van der Waals surface area contributed by atoms with E-state index < -0.39 is 13.2 Å². The van der Waals surface area contributed by atoms with Crippen LogP contribution < -0.4 is 20.3 Å². The van der Waals surface area contributed by atoms with Gasteiger partial charge in [-0.3, -0.25) is 9.56 Å². The van der Waals surface area contributed by atoms with Crippen LogP contribution in [0.4, 0.5) is 23.2 Å². The number of benzene rings is 1. The van der Waals surface area contributed by atoms with E-state index in [1.807, 2.05) is 4.90 Å². The first kappa shape index (κ1) is 24.0. The fourth-order valence-electron chi connectivity index (χ4n) is 3.22. The molecular weight excluding hydrogens is 519 g/mol. The quantitative estimate of drug-likeness (QED) is 0.243. The molecule has 0 amide bonds. The lowest BCUT2D eigenvalue weighted by atomic mass is 10.2. The van der Waals surface area contributed by atoms with Crippen LogP contribution >= 0.6 is 24.0 Å². The predicted octanol–water partition coefficient (Wildman–Crippen LogP) is 3.44. The van der Waals surface area contributed by atoms with Gasteiger partial charge in [-0.05, 0) is 18.6 Å². The normalized spacial score (nSPS) is 16.7. The zero-order valence-corrected chi connectivity index (χ0v) is 18.5. The van der Waals surface area contributed by atoms with Crippen molar-refractivity contribution in [2.75, 3.05) is 25.0 Å². The number of rotatable bonds is 7. The van der Waals surface area contributed by atoms with E-state index in [-0.39, 0.29) is 48.1 Å². The molecule has 0 radical (unpaired) electrons. The Morgan fingerprint density at radius 1 is 1.30 bits per heavy atom. The summed E-state index contributed by atoms with van der Waals surface area (Å²) in [6.45, 7) is -4.28. The molecule has 12 heteroatoms. The highest BCUT2D eigenvalue weighted by Crippen LogP contribution is 2.31. The van der Waals surface area contributed by atoms with Gasteiger partial charge >= 0.3 is 13.2 Å². The number of nitrogens with zero attached hydrogens (tertiary/aromatic N) is 4. The molecule has 0 bridgehead atoms. The van der Waals surface area contributed by atoms with Crippen molar-refractivity contribution < 1.29 is 22.3 Å². The number of anilines is 1. The van der Waals surface area contributed by atoms with Gasteiger partial charge in [-0.15, -0.1) is 24.0 Å². The molecule has 1 saturated heterocycles. The molecule has 1 aliphatic rings. The maximum absolute atomic E-state index is 12.9. The first-order valence-corrected chi connectivity index (χ1v) is 9.03. The largest absolute Gasteiger partial charge is 0.433 e. The van der Waals surface area contributed by atoms with Gasteiger partial charge in [0, 0.05) is 38.6 Å². The number of nitrogens with one attached hydrogen (secondary N) is 2. The van der Waals surface area contributed by atoms with Crippen molar-refractivity contribution in [3.63, 3.8) is 0 Å². The van der Waals surface area contributed by atoms with Crippen molar-refractivity contribution >= 4 is 35.6 Å². The SMILES string of the molecule is CN=C(NCc1nccn1C(F)F)NC1CCN(c2ccccc2OC(F)F)C1.I. The summed E-state index contributed by atoms with van der Waals surface area (Å²) < 4.78 is 56.4. The first-order valence-electron chi connectivity index (χ1n) is 9.03. The van der Waals surface area contributed by atoms with Gasteiger partial charge in [-0.25, -0.2) is 4.98 Å². The number of aliphatic imine (C=N–C) groups is 1. The predicted molar refractivity (Wildman–Crippen MR) is 116 cm³/mol. The second-order valence-electron chi connectivity index (χ2n) is 6.38. The van der Waals surface area contributed by atoms with Crippen LogP contribution in [-0.2, 0) is 6.54 Å². The maximum atomic E-state index is 12.9. The van der Waals surface area contributed by atoms with Crippen LogP contribution in [0.5, 0.6) is 5.75 Å². The summed E-state index contributed by atoms with van der Waals surface area (Å²) in [5, 5.41) is 6.19. The van der Waals surface area contributed by atoms with E-state index >= 15 is 0 Å². The molecule has 166 valence electrons. The fourth-order valence-corrected chi connectivity index (χ4v) is 3.22. The molecule has 0 spiro atoms. The Bertz CT molecular complexity index is 835. The van der Waals surface area contributed by atoms with Gasteiger partial charge in [-0.2, -0.15) is 17.6 Å². The number of hydrogen-bond acceptors (Lipinski definition) is 4. The number of guanidine groups is 1. The third-order valence-electron chi connectivity index (χ3n) is 4.55. The van der Waals surface area contributed by atoms with E-state index in [0.717, 1.165) is 11.0 Å². The molecule has 0 aliphatic carbocycles. The molecule has 2 heterocycles. The monoisotopic (exact) mass is 542 g/mol. The highest BCUT2D eigenvalue weighted by atomic mass is 127. The van der Waals surface area contributed by atoms with Gasteiger partial charge in [-0.1, -0.05) is 12.1 Å². The fraction of sp³-hybridized carbons (Fsp3) is 0.444. The number of imidazole rings is 1. The second kappa shape index (κ2) is 11.2. The second-order valence-corrected chi connectivity index (χ2v) is 6.38. The van der Waals surface area contributed by atoms with Crippen molar-refractivity contribution in [2.24, 2.45) is 4.99 Å². The molecule has 0 saturated carbocycles. The standard InChI is InChI=1S/C18H22F4N6O.HI/c1-23-18(25-10-15-24-7-9-28(15)16(19)20)26-12-6-8-27(11-12)13-4-2-3-5-14(13)29-17(21)22;/h2-5,7,9,12,16-17H,6,8,10-11H2,1H3,(H2,23,25,26);1H. The third kappa shape index (κ3) is 6.12. The summed E-state index contributed by atoms with van der Waals surface area (Å²) in [6, 6.07) is 6.64. The molecule has 3 rings (SSSR count). The molecule has 2 aromatic rings. The van der Waals surface area contributed by atoms with E-state index in [2.05, 4.69) is 25.3 Å². The van der Waals surface area contributed by atoms with Gasteiger partial charge in [0.25, 0.3) is 0 Å². The van der Waals surface area contributed by atoms with Gasteiger partial charge < -0.3 is 20.3 Å².